The van der Waals surface area contributed by atoms with Gasteiger partial charge in [0.2, 0.25) is 0 Å². The molecular weight excluding hydrogens is 302 g/mol. The van der Waals surface area contributed by atoms with Crippen molar-refractivity contribution < 1.29 is 4.74 Å². The largest absolute Gasteiger partial charge is 0.496 e. The minimum absolute atomic E-state index is 0.184. The number of hydrogen-bond donors (Lipinski definition) is 1. The average molecular weight is 320 g/mol. The maximum absolute atomic E-state index is 5.41. The molecule has 0 amide bonds. The van der Waals surface area contributed by atoms with E-state index in [9.17, 15) is 0 Å². The first-order chi connectivity index (χ1) is 9.11. The lowest BCUT2D eigenvalue weighted by atomic mass is 10.1. The van der Waals surface area contributed by atoms with Gasteiger partial charge >= 0.3 is 0 Å². The number of anilines is 1. The third-order valence-corrected chi connectivity index (χ3v) is 3.67. The van der Waals surface area contributed by atoms with E-state index in [0.29, 0.717) is 0 Å². The number of ether oxygens (including phenoxy) is 1. The molecule has 1 atom stereocenters. The van der Waals surface area contributed by atoms with Crippen LogP contribution >= 0.6 is 15.9 Å². The molecule has 0 aliphatic rings. The van der Waals surface area contributed by atoms with Crippen LogP contribution in [0.15, 0.2) is 46.9 Å². The molecule has 100 valence electrons. The molecule has 2 rings (SSSR count). The molecule has 0 aliphatic heterocycles. The van der Waals surface area contributed by atoms with E-state index in [-0.39, 0.29) is 6.04 Å². The van der Waals surface area contributed by atoms with Gasteiger partial charge in [-0.1, -0.05) is 40.2 Å². The molecule has 0 aliphatic carbocycles. The predicted octanol–water partition coefficient (Wildman–Crippen LogP) is 4.94. The van der Waals surface area contributed by atoms with Crippen molar-refractivity contribution in [3.05, 3.63) is 58.1 Å². The summed E-state index contributed by atoms with van der Waals surface area (Å²) in [5, 5.41) is 3.53. The van der Waals surface area contributed by atoms with E-state index < -0.39 is 0 Å². The predicted molar refractivity (Wildman–Crippen MR) is 83.9 cm³/mol. The van der Waals surface area contributed by atoms with Gasteiger partial charge in [0.15, 0.2) is 0 Å². The molecule has 0 saturated carbocycles. The van der Waals surface area contributed by atoms with Gasteiger partial charge in [0.25, 0.3) is 0 Å². The third-order valence-electron chi connectivity index (χ3n) is 3.18. The first-order valence-corrected chi connectivity index (χ1v) is 7.06. The minimum atomic E-state index is 0.184. The Kier molecular flexibility index (Phi) is 4.48. The van der Waals surface area contributed by atoms with Gasteiger partial charge < -0.3 is 10.1 Å². The summed E-state index contributed by atoms with van der Waals surface area (Å²) in [4.78, 5) is 0. The van der Waals surface area contributed by atoms with Crippen LogP contribution in [0.25, 0.3) is 0 Å². The molecule has 3 heteroatoms. The molecule has 0 saturated heterocycles. The molecule has 2 aromatic carbocycles. The highest BCUT2D eigenvalue weighted by Gasteiger charge is 2.11. The van der Waals surface area contributed by atoms with Crippen LogP contribution < -0.4 is 10.1 Å². The van der Waals surface area contributed by atoms with E-state index >= 15 is 0 Å². The van der Waals surface area contributed by atoms with Gasteiger partial charge in [-0.25, -0.2) is 0 Å². The monoisotopic (exact) mass is 319 g/mol. The summed E-state index contributed by atoms with van der Waals surface area (Å²) in [6.45, 7) is 4.24. The van der Waals surface area contributed by atoms with Crippen LogP contribution in [0.4, 0.5) is 5.69 Å². The Bertz CT molecular complexity index is 568. The van der Waals surface area contributed by atoms with Gasteiger partial charge in [-0.2, -0.15) is 0 Å². The van der Waals surface area contributed by atoms with Gasteiger partial charge in [-0.3, -0.25) is 0 Å². The number of hydrogen-bond acceptors (Lipinski definition) is 2. The summed E-state index contributed by atoms with van der Waals surface area (Å²) in [6, 6.07) is 14.5. The van der Waals surface area contributed by atoms with E-state index in [2.05, 4.69) is 53.3 Å². The average Bonchev–Trinajstić information content (AvgIpc) is 2.42. The molecule has 0 heterocycles. The molecule has 0 fully saturated rings. The van der Waals surface area contributed by atoms with E-state index in [1.165, 1.54) is 5.56 Å². The van der Waals surface area contributed by atoms with E-state index in [1.54, 1.807) is 7.11 Å². The highest BCUT2D eigenvalue weighted by atomic mass is 79.9. The summed E-state index contributed by atoms with van der Waals surface area (Å²) in [6.07, 6.45) is 0. The van der Waals surface area contributed by atoms with Crippen LogP contribution in [0.2, 0.25) is 0 Å². The van der Waals surface area contributed by atoms with Crippen LogP contribution in [0, 0.1) is 6.92 Å². The zero-order chi connectivity index (χ0) is 13.8. The number of benzene rings is 2. The third kappa shape index (κ3) is 3.29. The molecule has 0 radical (unpaired) electrons. The quantitative estimate of drug-likeness (QED) is 0.861. The number of rotatable bonds is 4. The Balaban J connectivity index is 2.25. The smallest absolute Gasteiger partial charge is 0.124 e. The highest BCUT2D eigenvalue weighted by molar-refractivity contribution is 9.10. The second kappa shape index (κ2) is 6.11. The normalized spacial score (nSPS) is 12.0. The van der Waals surface area contributed by atoms with Crippen LogP contribution in [-0.4, -0.2) is 7.11 Å². The maximum Gasteiger partial charge on any atom is 0.124 e. The highest BCUT2D eigenvalue weighted by Crippen LogP contribution is 2.29. The molecule has 0 bridgehead atoms. The maximum atomic E-state index is 5.41. The minimum Gasteiger partial charge on any atom is -0.496 e. The van der Waals surface area contributed by atoms with Crippen LogP contribution in [0.5, 0.6) is 5.75 Å². The molecule has 2 nitrogen and oxygen atoms in total. The van der Waals surface area contributed by atoms with Crippen molar-refractivity contribution in [2.45, 2.75) is 19.9 Å². The lowest BCUT2D eigenvalue weighted by Gasteiger charge is -2.19. The van der Waals surface area contributed by atoms with Crippen molar-refractivity contribution in [3.8, 4) is 5.75 Å². The van der Waals surface area contributed by atoms with E-state index in [1.807, 2.05) is 24.3 Å². The van der Waals surface area contributed by atoms with Crippen LogP contribution in [-0.2, 0) is 0 Å². The van der Waals surface area contributed by atoms with Crippen LogP contribution in [0.1, 0.15) is 24.1 Å². The van der Waals surface area contributed by atoms with Crippen molar-refractivity contribution in [2.75, 3.05) is 12.4 Å². The molecule has 1 N–H and O–H groups in total. The van der Waals surface area contributed by atoms with E-state index in [0.717, 1.165) is 21.5 Å². The Morgan fingerprint density at radius 2 is 1.89 bits per heavy atom. The Labute approximate surface area is 122 Å². The summed E-state index contributed by atoms with van der Waals surface area (Å²) >= 11 is 3.51. The summed E-state index contributed by atoms with van der Waals surface area (Å²) in [5.74, 6) is 0.912. The SMILES string of the molecule is COc1ccccc1C(C)Nc1cc(Br)ccc1C. The van der Waals surface area contributed by atoms with Crippen molar-refractivity contribution in [1.29, 1.82) is 0 Å². The molecule has 2 aromatic rings. The fourth-order valence-corrected chi connectivity index (χ4v) is 2.45. The molecule has 0 aromatic heterocycles. The topological polar surface area (TPSA) is 21.3 Å². The number of halogens is 1. The van der Waals surface area contributed by atoms with Crippen molar-refractivity contribution >= 4 is 21.6 Å². The van der Waals surface area contributed by atoms with Crippen molar-refractivity contribution in [1.82, 2.24) is 0 Å². The van der Waals surface area contributed by atoms with Gasteiger partial charge in [0, 0.05) is 15.7 Å². The summed E-state index contributed by atoms with van der Waals surface area (Å²) < 4.78 is 6.49. The zero-order valence-electron chi connectivity index (χ0n) is 11.4. The fraction of sp³-hybridized carbons (Fsp3) is 0.250. The first kappa shape index (κ1) is 13.9. The zero-order valence-corrected chi connectivity index (χ0v) is 13.0. The Morgan fingerprint density at radius 1 is 1.16 bits per heavy atom. The van der Waals surface area contributed by atoms with Crippen molar-refractivity contribution in [3.63, 3.8) is 0 Å². The number of aryl methyl sites for hydroxylation is 1. The standard InChI is InChI=1S/C16H18BrNO/c1-11-8-9-13(17)10-15(11)18-12(2)14-6-4-5-7-16(14)19-3/h4-10,12,18H,1-3H3. The molecule has 0 spiro atoms. The van der Waals surface area contributed by atoms with Crippen molar-refractivity contribution in [2.24, 2.45) is 0 Å². The number of methoxy groups -OCH3 is 1. The molecule has 1 unspecified atom stereocenters. The second-order valence-corrected chi connectivity index (χ2v) is 5.48. The summed E-state index contributed by atoms with van der Waals surface area (Å²) in [5.41, 5.74) is 3.52. The van der Waals surface area contributed by atoms with Gasteiger partial charge in [-0.05, 0) is 37.6 Å². The lowest BCUT2D eigenvalue weighted by Crippen LogP contribution is -2.09. The van der Waals surface area contributed by atoms with Crippen LogP contribution in [0.3, 0.4) is 0 Å². The Hall–Kier alpha value is -1.48. The van der Waals surface area contributed by atoms with Gasteiger partial charge in [-0.15, -0.1) is 0 Å². The fourth-order valence-electron chi connectivity index (χ4n) is 2.08. The second-order valence-electron chi connectivity index (χ2n) is 4.57. The molecule has 19 heavy (non-hydrogen) atoms. The first-order valence-electron chi connectivity index (χ1n) is 6.27. The van der Waals surface area contributed by atoms with Gasteiger partial charge in [0.05, 0.1) is 13.2 Å². The van der Waals surface area contributed by atoms with E-state index in [4.69, 9.17) is 4.74 Å². The lowest BCUT2D eigenvalue weighted by molar-refractivity contribution is 0.408. The van der Waals surface area contributed by atoms with Gasteiger partial charge in [0.1, 0.15) is 5.75 Å². The summed E-state index contributed by atoms with van der Waals surface area (Å²) in [7, 11) is 1.70. The molecular formula is C16H18BrNO. The number of nitrogens with one attached hydrogen (secondary N) is 1. The number of para-hydroxylation sites is 1. The Morgan fingerprint density at radius 3 is 2.63 bits per heavy atom.